The minimum atomic E-state index is -0.293. The number of benzene rings is 2. The number of ether oxygens (including phenoxy) is 1. The van der Waals surface area contributed by atoms with Gasteiger partial charge in [0.05, 0.1) is 23.7 Å². The second-order valence-electron chi connectivity index (χ2n) is 4.77. The van der Waals surface area contributed by atoms with Crippen molar-refractivity contribution < 1.29 is 9.13 Å². The van der Waals surface area contributed by atoms with E-state index < -0.39 is 0 Å². The molecule has 1 aromatic heterocycles. The van der Waals surface area contributed by atoms with Crippen molar-refractivity contribution in [3.63, 3.8) is 0 Å². The highest BCUT2D eigenvalue weighted by atomic mass is 19.1. The van der Waals surface area contributed by atoms with Gasteiger partial charge in [0.2, 0.25) is 0 Å². The van der Waals surface area contributed by atoms with E-state index in [-0.39, 0.29) is 5.82 Å². The quantitative estimate of drug-likeness (QED) is 0.750. The van der Waals surface area contributed by atoms with E-state index in [1.807, 2.05) is 17.6 Å². The molecule has 3 aromatic rings. The van der Waals surface area contributed by atoms with Crippen molar-refractivity contribution in [2.45, 2.75) is 13.5 Å². The third-order valence-electron chi connectivity index (χ3n) is 3.49. The van der Waals surface area contributed by atoms with Crippen LogP contribution < -0.4 is 10.5 Å². The minimum Gasteiger partial charge on any atom is -0.496 e. The fourth-order valence-corrected chi connectivity index (χ4v) is 2.52. The molecule has 0 atom stereocenters. The van der Waals surface area contributed by atoms with Crippen molar-refractivity contribution >= 4 is 16.7 Å². The van der Waals surface area contributed by atoms with Crippen LogP contribution in [0.15, 0.2) is 36.4 Å². The molecule has 1 heterocycles. The van der Waals surface area contributed by atoms with Gasteiger partial charge in [-0.05, 0) is 31.2 Å². The summed E-state index contributed by atoms with van der Waals surface area (Å²) in [6, 6.07) is 10.1. The zero-order valence-electron chi connectivity index (χ0n) is 11.9. The average Bonchev–Trinajstić information content (AvgIpc) is 2.84. The van der Waals surface area contributed by atoms with Crippen LogP contribution in [0.25, 0.3) is 22.4 Å². The lowest BCUT2D eigenvalue weighted by Gasteiger charge is -2.11. The molecule has 21 heavy (non-hydrogen) atoms. The van der Waals surface area contributed by atoms with Gasteiger partial charge in [0.1, 0.15) is 17.4 Å². The van der Waals surface area contributed by atoms with E-state index >= 15 is 0 Å². The van der Waals surface area contributed by atoms with E-state index in [0.717, 1.165) is 23.4 Å². The first-order valence-corrected chi connectivity index (χ1v) is 6.73. The molecule has 0 aliphatic rings. The lowest BCUT2D eigenvalue weighted by Crippen LogP contribution is -1.99. The lowest BCUT2D eigenvalue weighted by atomic mass is 10.1. The predicted molar refractivity (Wildman–Crippen MR) is 81.8 cm³/mol. The van der Waals surface area contributed by atoms with E-state index in [1.165, 1.54) is 12.1 Å². The Kier molecular flexibility index (Phi) is 3.25. The SMILES string of the molecule is CCn1c(-c2ccc(N)cc2OC)nc2cc(F)ccc21. The van der Waals surface area contributed by atoms with E-state index in [9.17, 15) is 4.39 Å². The Hall–Kier alpha value is -2.56. The maximum absolute atomic E-state index is 13.4. The van der Waals surface area contributed by atoms with Crippen molar-refractivity contribution in [3.05, 3.63) is 42.2 Å². The van der Waals surface area contributed by atoms with Gasteiger partial charge in [0.15, 0.2) is 0 Å². The van der Waals surface area contributed by atoms with Crippen LogP contribution in [-0.4, -0.2) is 16.7 Å². The number of fused-ring (bicyclic) bond motifs is 1. The molecule has 0 saturated carbocycles. The number of hydrogen-bond acceptors (Lipinski definition) is 3. The van der Waals surface area contributed by atoms with Gasteiger partial charge in [0.25, 0.3) is 0 Å². The van der Waals surface area contributed by atoms with Crippen LogP contribution in [0, 0.1) is 5.82 Å². The van der Waals surface area contributed by atoms with Gasteiger partial charge in [0, 0.05) is 24.4 Å². The van der Waals surface area contributed by atoms with Gasteiger partial charge in [-0.3, -0.25) is 0 Å². The first-order chi connectivity index (χ1) is 10.1. The highest BCUT2D eigenvalue weighted by Crippen LogP contribution is 2.33. The van der Waals surface area contributed by atoms with Gasteiger partial charge in [-0.25, -0.2) is 9.37 Å². The zero-order valence-corrected chi connectivity index (χ0v) is 11.9. The van der Waals surface area contributed by atoms with Crippen molar-refractivity contribution in [3.8, 4) is 17.1 Å². The lowest BCUT2D eigenvalue weighted by molar-refractivity contribution is 0.416. The number of methoxy groups -OCH3 is 1. The molecule has 0 amide bonds. The van der Waals surface area contributed by atoms with Crippen molar-refractivity contribution in [1.29, 1.82) is 0 Å². The topological polar surface area (TPSA) is 53.1 Å². The normalized spacial score (nSPS) is 11.0. The number of imidazole rings is 1. The van der Waals surface area contributed by atoms with E-state index in [2.05, 4.69) is 4.98 Å². The highest BCUT2D eigenvalue weighted by molar-refractivity contribution is 5.82. The third-order valence-corrected chi connectivity index (χ3v) is 3.49. The van der Waals surface area contributed by atoms with Gasteiger partial charge in [-0.15, -0.1) is 0 Å². The Labute approximate surface area is 122 Å². The summed E-state index contributed by atoms with van der Waals surface area (Å²) in [6.45, 7) is 2.75. The van der Waals surface area contributed by atoms with E-state index in [1.54, 1.807) is 25.3 Å². The van der Waals surface area contributed by atoms with E-state index in [4.69, 9.17) is 10.5 Å². The molecule has 0 fully saturated rings. The summed E-state index contributed by atoms with van der Waals surface area (Å²) in [5.41, 5.74) is 8.78. The average molecular weight is 285 g/mol. The minimum absolute atomic E-state index is 0.293. The Morgan fingerprint density at radius 3 is 2.76 bits per heavy atom. The fourth-order valence-electron chi connectivity index (χ4n) is 2.52. The molecule has 5 heteroatoms. The third kappa shape index (κ3) is 2.20. The number of rotatable bonds is 3. The molecule has 0 radical (unpaired) electrons. The first-order valence-electron chi connectivity index (χ1n) is 6.73. The molecule has 0 bridgehead atoms. The molecule has 0 aliphatic heterocycles. The number of halogens is 1. The fraction of sp³-hybridized carbons (Fsp3) is 0.188. The Morgan fingerprint density at radius 1 is 1.24 bits per heavy atom. The molecule has 3 rings (SSSR count). The maximum atomic E-state index is 13.4. The number of aromatic nitrogens is 2. The number of anilines is 1. The summed E-state index contributed by atoms with van der Waals surface area (Å²) in [5.74, 6) is 1.11. The summed E-state index contributed by atoms with van der Waals surface area (Å²) in [4.78, 5) is 4.56. The number of nitrogen functional groups attached to an aromatic ring is 1. The second-order valence-corrected chi connectivity index (χ2v) is 4.77. The molecular formula is C16H16FN3O. The van der Waals surface area contributed by atoms with Crippen LogP contribution >= 0.6 is 0 Å². The van der Waals surface area contributed by atoms with E-state index in [0.29, 0.717) is 17.0 Å². The standard InChI is InChI=1S/C16H16FN3O/c1-3-20-14-7-4-10(17)8-13(14)19-16(20)12-6-5-11(18)9-15(12)21-2/h4-9H,3,18H2,1-2H3. The molecule has 0 unspecified atom stereocenters. The van der Waals surface area contributed by atoms with Gasteiger partial charge >= 0.3 is 0 Å². The first kappa shape index (κ1) is 13.4. The highest BCUT2D eigenvalue weighted by Gasteiger charge is 2.15. The molecule has 0 spiro atoms. The van der Waals surface area contributed by atoms with Crippen LogP contribution in [0.1, 0.15) is 6.92 Å². The monoisotopic (exact) mass is 285 g/mol. The Morgan fingerprint density at radius 2 is 2.05 bits per heavy atom. The molecule has 0 aliphatic carbocycles. The molecule has 2 N–H and O–H groups in total. The molecular weight excluding hydrogens is 269 g/mol. The van der Waals surface area contributed by atoms with Gasteiger partial charge in [-0.1, -0.05) is 0 Å². The predicted octanol–water partition coefficient (Wildman–Crippen LogP) is 3.45. The van der Waals surface area contributed by atoms with Crippen molar-refractivity contribution in [1.82, 2.24) is 9.55 Å². The molecule has 2 aromatic carbocycles. The van der Waals surface area contributed by atoms with Gasteiger partial charge < -0.3 is 15.0 Å². The number of nitrogens with zero attached hydrogens (tertiary/aromatic N) is 2. The van der Waals surface area contributed by atoms with Crippen LogP contribution in [0.3, 0.4) is 0 Å². The zero-order chi connectivity index (χ0) is 15.0. The van der Waals surface area contributed by atoms with Crippen molar-refractivity contribution in [2.75, 3.05) is 12.8 Å². The number of nitrogens with two attached hydrogens (primary N) is 1. The Balaban J connectivity index is 2.29. The number of aryl methyl sites for hydroxylation is 1. The summed E-state index contributed by atoms with van der Waals surface area (Å²) in [7, 11) is 1.59. The molecule has 108 valence electrons. The smallest absolute Gasteiger partial charge is 0.144 e. The Bertz CT molecular complexity index is 811. The summed E-state index contributed by atoms with van der Waals surface area (Å²) >= 11 is 0. The summed E-state index contributed by atoms with van der Waals surface area (Å²) in [5, 5.41) is 0. The second kappa shape index (κ2) is 5.09. The summed E-state index contributed by atoms with van der Waals surface area (Å²) in [6.07, 6.45) is 0. The van der Waals surface area contributed by atoms with Crippen LogP contribution in [0.2, 0.25) is 0 Å². The largest absolute Gasteiger partial charge is 0.496 e. The van der Waals surface area contributed by atoms with Crippen LogP contribution in [0.4, 0.5) is 10.1 Å². The maximum Gasteiger partial charge on any atom is 0.144 e. The van der Waals surface area contributed by atoms with Crippen LogP contribution in [-0.2, 0) is 6.54 Å². The molecule has 4 nitrogen and oxygen atoms in total. The summed E-state index contributed by atoms with van der Waals surface area (Å²) < 4.78 is 20.8. The number of hydrogen-bond donors (Lipinski definition) is 1. The molecule has 0 saturated heterocycles. The van der Waals surface area contributed by atoms with Crippen LogP contribution in [0.5, 0.6) is 5.75 Å². The van der Waals surface area contributed by atoms with Gasteiger partial charge in [-0.2, -0.15) is 0 Å². The van der Waals surface area contributed by atoms with Crippen molar-refractivity contribution in [2.24, 2.45) is 0 Å².